The Kier molecular flexibility index (Phi) is 10.3. The summed E-state index contributed by atoms with van der Waals surface area (Å²) in [6.45, 7) is 7.30. The summed E-state index contributed by atoms with van der Waals surface area (Å²) in [5.41, 5.74) is 3.73. The zero-order chi connectivity index (χ0) is 28.6. The minimum Gasteiger partial charge on any atom is -0.352 e. The third-order valence-corrected chi connectivity index (χ3v) is 7.95. The second-order valence-electron chi connectivity index (χ2n) is 10.0. The van der Waals surface area contributed by atoms with Crippen LogP contribution in [-0.2, 0) is 32.6 Å². The molecular weight excluding hydrogens is 510 g/mol. The van der Waals surface area contributed by atoms with Gasteiger partial charge in [-0.2, -0.15) is 0 Å². The van der Waals surface area contributed by atoms with Gasteiger partial charge in [0.25, 0.3) is 0 Å². The fourth-order valence-corrected chi connectivity index (χ4v) is 5.51. The van der Waals surface area contributed by atoms with E-state index in [1.165, 1.54) is 4.90 Å². The summed E-state index contributed by atoms with van der Waals surface area (Å²) in [6, 6.07) is 23.6. The van der Waals surface area contributed by atoms with Crippen LogP contribution in [0.5, 0.6) is 0 Å². The van der Waals surface area contributed by atoms with Gasteiger partial charge in [0.05, 0.1) is 11.9 Å². The summed E-state index contributed by atoms with van der Waals surface area (Å²) >= 11 is 0. The Morgan fingerprint density at radius 2 is 1.38 bits per heavy atom. The third-order valence-electron chi connectivity index (χ3n) is 6.84. The van der Waals surface area contributed by atoms with Crippen LogP contribution in [0, 0.1) is 13.8 Å². The fourth-order valence-electron chi connectivity index (χ4n) is 4.55. The first kappa shape index (κ1) is 29.9. The van der Waals surface area contributed by atoms with Crippen molar-refractivity contribution >= 4 is 27.5 Å². The largest absolute Gasteiger partial charge is 0.352 e. The smallest absolute Gasteiger partial charge is 0.244 e. The van der Waals surface area contributed by atoms with E-state index in [0.717, 1.165) is 39.2 Å². The monoisotopic (exact) mass is 549 g/mol. The third kappa shape index (κ3) is 8.17. The molecule has 3 rings (SSSR count). The molecule has 208 valence electrons. The van der Waals surface area contributed by atoms with Gasteiger partial charge in [-0.05, 0) is 49.4 Å². The quantitative estimate of drug-likeness (QED) is 0.357. The Labute approximate surface area is 232 Å². The van der Waals surface area contributed by atoms with Crippen LogP contribution in [0.4, 0.5) is 5.69 Å². The molecule has 0 aliphatic rings. The minimum absolute atomic E-state index is 0.0772. The normalized spacial score (nSPS) is 12.8. The molecule has 0 heterocycles. The number of carbonyl (C=O) groups is 2. The van der Waals surface area contributed by atoms with Crippen molar-refractivity contribution in [3.05, 3.63) is 101 Å². The Morgan fingerprint density at radius 1 is 0.846 bits per heavy atom. The maximum absolute atomic E-state index is 14.1. The molecule has 0 aliphatic carbocycles. The second-order valence-corrected chi connectivity index (χ2v) is 11.9. The second kappa shape index (κ2) is 13.4. The van der Waals surface area contributed by atoms with Crippen LogP contribution < -0.4 is 9.62 Å². The first-order valence-corrected chi connectivity index (χ1v) is 15.1. The predicted molar refractivity (Wildman–Crippen MR) is 157 cm³/mol. The zero-order valence-corrected chi connectivity index (χ0v) is 24.2. The molecule has 0 bridgehead atoms. The molecule has 8 heteroatoms. The van der Waals surface area contributed by atoms with E-state index in [1.807, 2.05) is 107 Å². The molecule has 39 heavy (non-hydrogen) atoms. The van der Waals surface area contributed by atoms with Crippen LogP contribution >= 0.6 is 0 Å². The first-order valence-electron chi connectivity index (χ1n) is 13.2. The van der Waals surface area contributed by atoms with Crippen LogP contribution in [-0.4, -0.2) is 50.0 Å². The molecule has 3 aromatic carbocycles. The lowest BCUT2D eigenvalue weighted by Crippen LogP contribution is -2.54. The lowest BCUT2D eigenvalue weighted by Gasteiger charge is -2.34. The van der Waals surface area contributed by atoms with Crippen molar-refractivity contribution < 1.29 is 18.0 Å². The zero-order valence-electron chi connectivity index (χ0n) is 23.4. The lowest BCUT2D eigenvalue weighted by molar-refractivity contribution is -0.140. The summed E-state index contributed by atoms with van der Waals surface area (Å²) in [5, 5.41) is 3.04. The lowest BCUT2D eigenvalue weighted by atomic mass is 10.0. The van der Waals surface area contributed by atoms with E-state index in [2.05, 4.69) is 5.32 Å². The van der Waals surface area contributed by atoms with Crippen molar-refractivity contribution in [2.45, 2.75) is 59.2 Å². The van der Waals surface area contributed by atoms with Gasteiger partial charge in [0, 0.05) is 19.0 Å². The first-order chi connectivity index (χ1) is 18.5. The highest BCUT2D eigenvalue weighted by Crippen LogP contribution is 2.27. The Bertz CT molecular complexity index is 1340. The van der Waals surface area contributed by atoms with Crippen molar-refractivity contribution in [1.82, 2.24) is 10.2 Å². The van der Waals surface area contributed by atoms with E-state index in [1.54, 1.807) is 0 Å². The van der Waals surface area contributed by atoms with Gasteiger partial charge < -0.3 is 10.2 Å². The van der Waals surface area contributed by atoms with E-state index >= 15 is 0 Å². The molecular formula is C31H39N3O4S. The van der Waals surface area contributed by atoms with E-state index in [9.17, 15) is 18.0 Å². The molecule has 0 saturated carbocycles. The summed E-state index contributed by atoms with van der Waals surface area (Å²) in [5.74, 6) is -0.720. The maximum Gasteiger partial charge on any atom is 0.244 e. The Hall–Kier alpha value is -3.65. The number of hydrogen-bond donors (Lipinski definition) is 1. The van der Waals surface area contributed by atoms with E-state index in [4.69, 9.17) is 0 Å². The molecule has 1 N–H and O–H groups in total. The number of nitrogens with zero attached hydrogens (tertiary/aromatic N) is 2. The van der Waals surface area contributed by atoms with Gasteiger partial charge in [0.1, 0.15) is 12.6 Å². The van der Waals surface area contributed by atoms with Crippen LogP contribution in [0.2, 0.25) is 0 Å². The number of carbonyl (C=O) groups excluding carboxylic acids is 2. The van der Waals surface area contributed by atoms with Gasteiger partial charge in [0.2, 0.25) is 21.8 Å². The van der Waals surface area contributed by atoms with Crippen LogP contribution in [0.15, 0.2) is 78.9 Å². The molecule has 3 aromatic rings. The molecule has 0 fully saturated rings. The topological polar surface area (TPSA) is 86.8 Å². The highest BCUT2D eigenvalue weighted by molar-refractivity contribution is 7.92. The van der Waals surface area contributed by atoms with Gasteiger partial charge in [-0.3, -0.25) is 13.9 Å². The van der Waals surface area contributed by atoms with Gasteiger partial charge in [-0.25, -0.2) is 8.42 Å². The number of nitrogens with one attached hydrogen (secondary N) is 1. The molecule has 0 spiro atoms. The summed E-state index contributed by atoms with van der Waals surface area (Å²) in [6.07, 6.45) is 2.14. The number of sulfonamides is 1. The van der Waals surface area contributed by atoms with E-state index in [0.29, 0.717) is 12.1 Å². The Balaban J connectivity index is 2.07. The molecule has 0 saturated heterocycles. The molecule has 7 nitrogen and oxygen atoms in total. The number of para-hydroxylation sites is 1. The van der Waals surface area contributed by atoms with Gasteiger partial charge in [-0.1, -0.05) is 85.8 Å². The number of rotatable bonds is 12. The van der Waals surface area contributed by atoms with Crippen molar-refractivity contribution in [1.29, 1.82) is 0 Å². The predicted octanol–water partition coefficient (Wildman–Crippen LogP) is 4.62. The van der Waals surface area contributed by atoms with Crippen molar-refractivity contribution in [2.75, 3.05) is 17.1 Å². The highest BCUT2D eigenvalue weighted by Gasteiger charge is 2.34. The van der Waals surface area contributed by atoms with Crippen molar-refractivity contribution in [2.24, 2.45) is 0 Å². The molecule has 0 unspecified atom stereocenters. The summed E-state index contributed by atoms with van der Waals surface area (Å²) < 4.78 is 27.2. The number of aryl methyl sites for hydroxylation is 2. The average molecular weight is 550 g/mol. The molecule has 2 atom stereocenters. The van der Waals surface area contributed by atoms with Crippen molar-refractivity contribution in [3.63, 3.8) is 0 Å². The maximum atomic E-state index is 14.1. The van der Waals surface area contributed by atoms with E-state index < -0.39 is 28.5 Å². The summed E-state index contributed by atoms with van der Waals surface area (Å²) in [7, 11) is -3.81. The standard InChI is InChI=1S/C31H39N3O4S/c1-6-25(4)32-31(36)28(20-26-16-9-7-10-17-26)33(21-27-18-11-8-12-19-27)29(35)22-34(39(5,37)38)30-23(2)14-13-15-24(30)3/h7-19,25,28H,6,20-22H2,1-5H3,(H,32,36)/t25-,28+/m0/s1. The molecule has 0 aromatic heterocycles. The number of anilines is 1. The van der Waals surface area contributed by atoms with E-state index in [-0.39, 0.29) is 18.5 Å². The number of hydrogen-bond acceptors (Lipinski definition) is 4. The van der Waals surface area contributed by atoms with Gasteiger partial charge in [0.15, 0.2) is 0 Å². The summed E-state index contributed by atoms with van der Waals surface area (Å²) in [4.78, 5) is 29.3. The SMILES string of the molecule is CC[C@H](C)NC(=O)[C@@H](Cc1ccccc1)N(Cc1ccccc1)C(=O)CN(c1c(C)cccc1C)S(C)(=O)=O. The van der Waals surface area contributed by atoms with Gasteiger partial charge in [-0.15, -0.1) is 0 Å². The molecule has 2 amide bonds. The molecule has 0 aliphatic heterocycles. The Morgan fingerprint density at radius 3 is 1.90 bits per heavy atom. The van der Waals surface area contributed by atoms with Gasteiger partial charge >= 0.3 is 0 Å². The highest BCUT2D eigenvalue weighted by atomic mass is 32.2. The van der Waals surface area contributed by atoms with Crippen LogP contribution in [0.1, 0.15) is 42.5 Å². The van der Waals surface area contributed by atoms with Crippen molar-refractivity contribution in [3.8, 4) is 0 Å². The fraction of sp³-hybridized carbons (Fsp3) is 0.355. The van der Waals surface area contributed by atoms with Crippen LogP contribution in [0.25, 0.3) is 0 Å². The minimum atomic E-state index is -3.81. The van der Waals surface area contributed by atoms with Crippen LogP contribution in [0.3, 0.4) is 0 Å². The molecule has 0 radical (unpaired) electrons. The average Bonchev–Trinajstić information content (AvgIpc) is 2.90. The number of benzene rings is 3. The number of amides is 2.